The van der Waals surface area contributed by atoms with Crippen LogP contribution in [0, 0.1) is 0 Å². The maximum absolute atomic E-state index is 13.6. The van der Waals surface area contributed by atoms with Crippen LogP contribution in [0.15, 0.2) is 103 Å². The summed E-state index contributed by atoms with van der Waals surface area (Å²) < 4.78 is 11.1. The van der Waals surface area contributed by atoms with Gasteiger partial charge in [0.25, 0.3) is 0 Å². The number of para-hydroxylation sites is 1. The molecule has 0 saturated heterocycles. The maximum atomic E-state index is 13.6. The Kier molecular flexibility index (Phi) is 7.43. The van der Waals surface area contributed by atoms with E-state index in [1.165, 1.54) is 5.56 Å². The molecule has 0 saturated carbocycles. The predicted molar refractivity (Wildman–Crippen MR) is 157 cm³/mol. The van der Waals surface area contributed by atoms with E-state index in [2.05, 4.69) is 17.1 Å². The fourth-order valence-electron chi connectivity index (χ4n) is 5.48. The normalized spacial score (nSPS) is 12.3. The van der Waals surface area contributed by atoms with Crippen LogP contribution in [0.2, 0.25) is 0 Å². The number of carbonyl (C=O) groups is 3. The SMILES string of the molecule is O=C(O)C(Cc1c[nH]c2ccccc12)N(C(=O)OCc1ccccc1)C(=O)OCc1cccc2c1Cc1ccccc1-2. The van der Waals surface area contributed by atoms with Crippen molar-refractivity contribution in [2.24, 2.45) is 0 Å². The molecule has 6 rings (SSSR count). The minimum absolute atomic E-state index is 0.127. The number of fused-ring (bicyclic) bond motifs is 4. The molecule has 0 aliphatic heterocycles. The number of carbonyl (C=O) groups excluding carboxylic acids is 2. The topological polar surface area (TPSA) is 109 Å². The van der Waals surface area contributed by atoms with Crippen molar-refractivity contribution in [2.75, 3.05) is 0 Å². The zero-order valence-corrected chi connectivity index (χ0v) is 22.7. The monoisotopic (exact) mass is 560 g/mol. The second-order valence-corrected chi connectivity index (χ2v) is 10.2. The summed E-state index contributed by atoms with van der Waals surface area (Å²) in [6.45, 7) is -0.259. The third-order valence-electron chi connectivity index (χ3n) is 7.58. The number of imide groups is 1. The van der Waals surface area contributed by atoms with E-state index in [1.54, 1.807) is 30.5 Å². The zero-order chi connectivity index (χ0) is 29.1. The Bertz CT molecular complexity index is 1780. The number of aliphatic carboxylic acids is 1. The van der Waals surface area contributed by atoms with Gasteiger partial charge in [-0.2, -0.15) is 4.90 Å². The highest BCUT2D eigenvalue weighted by molar-refractivity contribution is 5.94. The number of carboxylic acid groups (broad SMARTS) is 1. The Morgan fingerprint density at radius 3 is 2.26 bits per heavy atom. The summed E-state index contributed by atoms with van der Waals surface area (Å²) in [4.78, 5) is 43.2. The second kappa shape index (κ2) is 11.6. The third kappa shape index (κ3) is 5.34. The largest absolute Gasteiger partial charge is 0.480 e. The van der Waals surface area contributed by atoms with Crippen molar-refractivity contribution in [3.63, 3.8) is 0 Å². The molecule has 0 fully saturated rings. The van der Waals surface area contributed by atoms with Crippen molar-refractivity contribution in [1.82, 2.24) is 9.88 Å². The first-order chi connectivity index (χ1) is 20.5. The summed E-state index contributed by atoms with van der Waals surface area (Å²) in [5.74, 6) is -1.36. The van der Waals surface area contributed by atoms with E-state index in [0.29, 0.717) is 22.4 Å². The summed E-state index contributed by atoms with van der Waals surface area (Å²) in [6, 6.07) is 28.7. The number of carboxylic acids is 1. The van der Waals surface area contributed by atoms with Crippen molar-refractivity contribution in [2.45, 2.75) is 32.1 Å². The molecule has 5 aromatic rings. The third-order valence-corrected chi connectivity index (χ3v) is 7.58. The van der Waals surface area contributed by atoms with Crippen LogP contribution < -0.4 is 0 Å². The van der Waals surface area contributed by atoms with Gasteiger partial charge < -0.3 is 19.6 Å². The van der Waals surface area contributed by atoms with Crippen LogP contribution in [0.3, 0.4) is 0 Å². The molecular formula is C34H28N2O6. The highest BCUT2D eigenvalue weighted by Gasteiger charge is 2.38. The lowest BCUT2D eigenvalue weighted by Gasteiger charge is -2.26. The number of nitrogens with one attached hydrogen (secondary N) is 1. The molecule has 2 N–H and O–H groups in total. The van der Waals surface area contributed by atoms with Gasteiger partial charge >= 0.3 is 18.2 Å². The fourth-order valence-corrected chi connectivity index (χ4v) is 5.48. The molecule has 0 radical (unpaired) electrons. The van der Waals surface area contributed by atoms with Crippen molar-refractivity contribution in [3.8, 4) is 11.1 Å². The Morgan fingerprint density at radius 1 is 0.762 bits per heavy atom. The molecule has 1 unspecified atom stereocenters. The molecule has 210 valence electrons. The molecule has 8 nitrogen and oxygen atoms in total. The first-order valence-corrected chi connectivity index (χ1v) is 13.6. The number of benzene rings is 4. The molecule has 1 aliphatic rings. The summed E-state index contributed by atoms with van der Waals surface area (Å²) in [5, 5.41) is 11.0. The van der Waals surface area contributed by atoms with Gasteiger partial charge in [-0.3, -0.25) is 0 Å². The number of hydrogen-bond acceptors (Lipinski definition) is 5. The van der Waals surface area contributed by atoms with Crippen LogP contribution in [0.1, 0.15) is 27.8 Å². The van der Waals surface area contributed by atoms with E-state index in [0.717, 1.165) is 33.2 Å². The summed E-state index contributed by atoms with van der Waals surface area (Å²) in [5.41, 5.74) is 7.37. The fraction of sp³-hybridized carbons (Fsp3) is 0.147. The average molecular weight is 561 g/mol. The highest BCUT2D eigenvalue weighted by atomic mass is 16.6. The first kappa shape index (κ1) is 26.8. The predicted octanol–water partition coefficient (Wildman–Crippen LogP) is 6.71. The van der Waals surface area contributed by atoms with E-state index in [4.69, 9.17) is 9.47 Å². The molecule has 0 bridgehead atoms. The van der Waals surface area contributed by atoms with Crippen molar-refractivity contribution in [1.29, 1.82) is 0 Å². The summed E-state index contributed by atoms with van der Waals surface area (Å²) in [7, 11) is 0. The molecule has 1 aromatic heterocycles. The van der Waals surface area contributed by atoms with Gasteiger partial charge in [-0.15, -0.1) is 0 Å². The van der Waals surface area contributed by atoms with Gasteiger partial charge in [0.05, 0.1) is 0 Å². The lowest BCUT2D eigenvalue weighted by molar-refractivity contribution is -0.142. The minimum atomic E-state index is -1.56. The number of rotatable bonds is 8. The van der Waals surface area contributed by atoms with Crippen LogP contribution in [0.25, 0.3) is 22.0 Å². The molecule has 2 amide bonds. The number of aromatic amines is 1. The van der Waals surface area contributed by atoms with E-state index < -0.39 is 24.2 Å². The van der Waals surface area contributed by atoms with Gasteiger partial charge in [0.2, 0.25) is 0 Å². The smallest absolute Gasteiger partial charge is 0.420 e. The number of ether oxygens (including phenoxy) is 2. The van der Waals surface area contributed by atoms with E-state index in [1.807, 2.05) is 60.7 Å². The maximum Gasteiger partial charge on any atom is 0.420 e. The molecule has 0 spiro atoms. The Labute approximate surface area is 242 Å². The second-order valence-electron chi connectivity index (χ2n) is 10.2. The van der Waals surface area contributed by atoms with Gasteiger partial charge in [-0.1, -0.05) is 91.0 Å². The Balaban J connectivity index is 1.26. The number of nitrogens with zero attached hydrogens (tertiary/aromatic N) is 1. The van der Waals surface area contributed by atoms with E-state index in [-0.39, 0.29) is 19.6 Å². The van der Waals surface area contributed by atoms with Crippen LogP contribution in [0.4, 0.5) is 9.59 Å². The van der Waals surface area contributed by atoms with Crippen molar-refractivity contribution in [3.05, 3.63) is 131 Å². The number of aromatic nitrogens is 1. The highest BCUT2D eigenvalue weighted by Crippen LogP contribution is 2.38. The van der Waals surface area contributed by atoms with Crippen LogP contribution in [-0.4, -0.2) is 39.2 Å². The minimum Gasteiger partial charge on any atom is -0.480 e. The molecule has 1 heterocycles. The molecule has 42 heavy (non-hydrogen) atoms. The molecule has 1 atom stereocenters. The molecule has 4 aromatic carbocycles. The molecular weight excluding hydrogens is 532 g/mol. The van der Waals surface area contributed by atoms with Gasteiger partial charge in [-0.25, -0.2) is 14.4 Å². The van der Waals surface area contributed by atoms with Crippen LogP contribution >= 0.6 is 0 Å². The Morgan fingerprint density at radius 2 is 1.45 bits per heavy atom. The van der Waals surface area contributed by atoms with E-state index in [9.17, 15) is 19.5 Å². The first-order valence-electron chi connectivity index (χ1n) is 13.6. The van der Waals surface area contributed by atoms with Crippen LogP contribution in [-0.2, 0) is 40.3 Å². The zero-order valence-electron chi connectivity index (χ0n) is 22.7. The van der Waals surface area contributed by atoms with Gasteiger partial charge in [-0.05, 0) is 51.4 Å². The van der Waals surface area contributed by atoms with Crippen molar-refractivity contribution >= 4 is 29.1 Å². The van der Waals surface area contributed by atoms with Gasteiger partial charge in [0, 0.05) is 23.5 Å². The lowest BCUT2D eigenvalue weighted by atomic mass is 10.0. The lowest BCUT2D eigenvalue weighted by Crippen LogP contribution is -2.50. The number of H-pyrrole nitrogens is 1. The number of amides is 2. The molecule has 8 heteroatoms. The number of hydrogen-bond donors (Lipinski definition) is 2. The van der Waals surface area contributed by atoms with Gasteiger partial charge in [0.15, 0.2) is 0 Å². The standard InChI is InChI=1S/C34H28N2O6/c37-32(38)31(18-25-19-35-30-16-7-6-14-27(25)30)36(33(39)41-20-22-9-2-1-3-10-22)34(40)42-21-24-12-8-15-28-26-13-5-4-11-23(26)17-29(24)28/h1-16,19,31,35H,17-18,20-21H2,(H,37,38). The molecule has 1 aliphatic carbocycles. The summed E-state index contributed by atoms with van der Waals surface area (Å²) >= 11 is 0. The Hall–Kier alpha value is -5.37. The van der Waals surface area contributed by atoms with Crippen LogP contribution in [0.5, 0.6) is 0 Å². The summed E-state index contributed by atoms with van der Waals surface area (Å²) in [6.07, 6.45) is 0.0607. The van der Waals surface area contributed by atoms with E-state index >= 15 is 0 Å². The average Bonchev–Trinajstić information content (AvgIpc) is 3.61. The quantitative estimate of drug-likeness (QED) is 0.214. The van der Waals surface area contributed by atoms with Gasteiger partial charge in [0.1, 0.15) is 19.3 Å². The van der Waals surface area contributed by atoms with Crippen molar-refractivity contribution < 1.29 is 29.0 Å².